The Morgan fingerprint density at radius 3 is 2.67 bits per heavy atom. The van der Waals surface area contributed by atoms with Gasteiger partial charge in [0.2, 0.25) is 10.0 Å². The lowest BCUT2D eigenvalue weighted by Gasteiger charge is -2.16. The molecule has 6 heteroatoms. The lowest BCUT2D eigenvalue weighted by Crippen LogP contribution is -2.40. The molecular formula is C12H17ClN2O2S. The first-order valence-electron chi connectivity index (χ1n) is 6.06. The van der Waals surface area contributed by atoms with Crippen molar-refractivity contribution in [3.8, 4) is 0 Å². The van der Waals surface area contributed by atoms with Gasteiger partial charge in [0.25, 0.3) is 0 Å². The van der Waals surface area contributed by atoms with Gasteiger partial charge in [-0.3, -0.25) is 0 Å². The topological polar surface area (TPSA) is 58.2 Å². The summed E-state index contributed by atoms with van der Waals surface area (Å²) in [6.07, 6.45) is 3.01. The molecule has 2 rings (SSSR count). The number of benzene rings is 1. The molecule has 1 aromatic carbocycles. The third-order valence-electron chi connectivity index (χ3n) is 2.99. The van der Waals surface area contributed by atoms with E-state index in [4.69, 9.17) is 11.6 Å². The molecule has 0 radical (unpaired) electrons. The van der Waals surface area contributed by atoms with Crippen LogP contribution in [0.25, 0.3) is 0 Å². The molecule has 0 aromatic heterocycles. The van der Waals surface area contributed by atoms with Crippen molar-refractivity contribution < 1.29 is 8.42 Å². The van der Waals surface area contributed by atoms with E-state index in [1.165, 1.54) is 12.1 Å². The Morgan fingerprint density at radius 1 is 1.22 bits per heavy atom. The van der Waals surface area contributed by atoms with Crippen LogP contribution in [0.15, 0.2) is 29.2 Å². The van der Waals surface area contributed by atoms with E-state index in [9.17, 15) is 8.42 Å². The standard InChI is InChI=1S/C12H17ClN2O2S/c13-10-4-6-12(7-5-10)18(16,17)15-11-3-1-2-8-14-9-11/h4-7,11,14-15H,1-3,8-9H2. The molecule has 1 atom stereocenters. The number of hydrogen-bond donors (Lipinski definition) is 2. The van der Waals surface area contributed by atoms with Crippen LogP contribution in [0.3, 0.4) is 0 Å². The van der Waals surface area contributed by atoms with Crippen LogP contribution in [0.1, 0.15) is 19.3 Å². The highest BCUT2D eigenvalue weighted by Gasteiger charge is 2.20. The summed E-state index contributed by atoms with van der Waals surface area (Å²) >= 11 is 5.75. The van der Waals surface area contributed by atoms with Crippen LogP contribution >= 0.6 is 11.6 Å². The Labute approximate surface area is 113 Å². The van der Waals surface area contributed by atoms with Gasteiger partial charge >= 0.3 is 0 Å². The molecule has 1 fully saturated rings. The van der Waals surface area contributed by atoms with E-state index in [0.717, 1.165) is 25.8 Å². The monoisotopic (exact) mass is 288 g/mol. The minimum Gasteiger partial charge on any atom is -0.315 e. The van der Waals surface area contributed by atoms with Crippen molar-refractivity contribution >= 4 is 21.6 Å². The zero-order valence-electron chi connectivity index (χ0n) is 10.0. The van der Waals surface area contributed by atoms with Gasteiger partial charge in [0.05, 0.1) is 4.90 Å². The van der Waals surface area contributed by atoms with Crippen LogP contribution in [-0.4, -0.2) is 27.5 Å². The molecule has 1 aliphatic rings. The highest BCUT2D eigenvalue weighted by atomic mass is 35.5. The summed E-state index contributed by atoms with van der Waals surface area (Å²) in [4.78, 5) is 0.260. The maximum absolute atomic E-state index is 12.1. The van der Waals surface area contributed by atoms with Crippen molar-refractivity contribution in [2.75, 3.05) is 13.1 Å². The summed E-state index contributed by atoms with van der Waals surface area (Å²) in [7, 11) is -3.44. The molecule has 4 nitrogen and oxygen atoms in total. The lowest BCUT2D eigenvalue weighted by atomic mass is 10.2. The summed E-state index contributed by atoms with van der Waals surface area (Å²) < 4.78 is 27.0. The third kappa shape index (κ3) is 3.68. The first-order valence-corrected chi connectivity index (χ1v) is 7.93. The van der Waals surface area contributed by atoms with E-state index in [2.05, 4.69) is 10.0 Å². The lowest BCUT2D eigenvalue weighted by molar-refractivity contribution is 0.521. The van der Waals surface area contributed by atoms with Gasteiger partial charge in [-0.15, -0.1) is 0 Å². The fourth-order valence-electron chi connectivity index (χ4n) is 2.02. The molecule has 0 bridgehead atoms. The zero-order chi connectivity index (χ0) is 13.0. The molecule has 1 heterocycles. The Hall–Kier alpha value is -0.620. The van der Waals surface area contributed by atoms with E-state index in [1.54, 1.807) is 12.1 Å². The average Bonchev–Trinajstić information content (AvgIpc) is 2.57. The van der Waals surface area contributed by atoms with E-state index < -0.39 is 10.0 Å². The van der Waals surface area contributed by atoms with Crippen LogP contribution in [0.4, 0.5) is 0 Å². The Morgan fingerprint density at radius 2 is 1.94 bits per heavy atom. The Balaban J connectivity index is 2.08. The summed E-state index contributed by atoms with van der Waals surface area (Å²) in [6, 6.07) is 6.18. The van der Waals surface area contributed by atoms with Crippen LogP contribution < -0.4 is 10.0 Å². The molecule has 0 aliphatic carbocycles. The third-order valence-corrected chi connectivity index (χ3v) is 4.78. The highest BCUT2D eigenvalue weighted by molar-refractivity contribution is 7.89. The molecule has 1 unspecified atom stereocenters. The van der Waals surface area contributed by atoms with Crippen molar-refractivity contribution in [2.45, 2.75) is 30.2 Å². The average molecular weight is 289 g/mol. The van der Waals surface area contributed by atoms with Gasteiger partial charge in [0, 0.05) is 17.6 Å². The molecule has 1 aliphatic heterocycles. The molecule has 1 aromatic rings. The second-order valence-corrected chi connectivity index (χ2v) is 6.62. The molecule has 1 saturated heterocycles. The zero-order valence-corrected chi connectivity index (χ0v) is 11.6. The maximum atomic E-state index is 12.1. The van der Waals surface area contributed by atoms with Crippen molar-refractivity contribution in [1.29, 1.82) is 0 Å². The number of sulfonamides is 1. The van der Waals surface area contributed by atoms with Crippen molar-refractivity contribution in [3.63, 3.8) is 0 Å². The number of rotatable bonds is 3. The van der Waals surface area contributed by atoms with Crippen LogP contribution in [0.2, 0.25) is 5.02 Å². The van der Waals surface area contributed by atoms with E-state index >= 15 is 0 Å². The second kappa shape index (κ2) is 6.02. The normalized spacial score (nSPS) is 21.5. The molecule has 100 valence electrons. The molecule has 18 heavy (non-hydrogen) atoms. The predicted molar refractivity (Wildman–Crippen MR) is 72.3 cm³/mol. The van der Waals surface area contributed by atoms with Gasteiger partial charge in [0.15, 0.2) is 0 Å². The highest BCUT2D eigenvalue weighted by Crippen LogP contribution is 2.15. The minimum absolute atomic E-state index is 0.0341. The van der Waals surface area contributed by atoms with Gasteiger partial charge in [-0.25, -0.2) is 13.1 Å². The molecule has 2 N–H and O–H groups in total. The Bertz CT molecular complexity index is 479. The number of halogens is 1. The van der Waals surface area contributed by atoms with Gasteiger partial charge in [-0.1, -0.05) is 18.0 Å². The summed E-state index contributed by atoms with van der Waals surface area (Å²) in [5, 5.41) is 3.76. The predicted octanol–water partition coefficient (Wildman–Crippen LogP) is 1.76. The quantitative estimate of drug-likeness (QED) is 0.891. The maximum Gasteiger partial charge on any atom is 0.240 e. The first kappa shape index (κ1) is 13.8. The van der Waals surface area contributed by atoms with Crippen molar-refractivity contribution in [2.24, 2.45) is 0 Å². The summed E-state index contributed by atoms with van der Waals surface area (Å²) in [5.41, 5.74) is 0. The summed E-state index contributed by atoms with van der Waals surface area (Å²) in [6.45, 7) is 1.64. The molecule has 0 saturated carbocycles. The van der Waals surface area contributed by atoms with E-state index in [1.807, 2.05) is 0 Å². The molecular weight excluding hydrogens is 272 g/mol. The number of nitrogens with one attached hydrogen (secondary N) is 2. The SMILES string of the molecule is O=S(=O)(NC1CCCCNC1)c1ccc(Cl)cc1. The van der Waals surface area contributed by atoms with Gasteiger partial charge in [-0.05, 0) is 43.7 Å². The molecule has 0 amide bonds. The van der Waals surface area contributed by atoms with Crippen LogP contribution in [0.5, 0.6) is 0 Å². The van der Waals surface area contributed by atoms with Crippen LogP contribution in [-0.2, 0) is 10.0 Å². The van der Waals surface area contributed by atoms with E-state index in [0.29, 0.717) is 11.6 Å². The summed E-state index contributed by atoms with van der Waals surface area (Å²) in [5.74, 6) is 0. The second-order valence-electron chi connectivity index (χ2n) is 4.47. The van der Waals surface area contributed by atoms with E-state index in [-0.39, 0.29) is 10.9 Å². The van der Waals surface area contributed by atoms with Gasteiger partial charge in [0.1, 0.15) is 0 Å². The smallest absolute Gasteiger partial charge is 0.240 e. The molecule has 0 spiro atoms. The van der Waals surface area contributed by atoms with Crippen LogP contribution in [0, 0.1) is 0 Å². The fraction of sp³-hybridized carbons (Fsp3) is 0.500. The van der Waals surface area contributed by atoms with Gasteiger partial charge in [-0.2, -0.15) is 0 Å². The number of hydrogen-bond acceptors (Lipinski definition) is 3. The van der Waals surface area contributed by atoms with Gasteiger partial charge < -0.3 is 5.32 Å². The minimum atomic E-state index is -3.44. The van der Waals surface area contributed by atoms with Crippen molar-refractivity contribution in [1.82, 2.24) is 10.0 Å². The van der Waals surface area contributed by atoms with Crippen molar-refractivity contribution in [3.05, 3.63) is 29.3 Å². The fourth-order valence-corrected chi connectivity index (χ4v) is 3.42. The first-order chi connectivity index (χ1) is 8.58. The largest absolute Gasteiger partial charge is 0.315 e. The Kier molecular flexibility index (Phi) is 4.61.